The number of aliphatic imine (C=N–C) groups is 1. The van der Waals surface area contributed by atoms with Gasteiger partial charge in [-0.2, -0.15) is 9.79 Å². The van der Waals surface area contributed by atoms with Crippen LogP contribution in [0.1, 0.15) is 27.7 Å². The number of carbonyl (C=O) groups excluding carboxylic acids is 2. The molecule has 2 rings (SSSR count). The van der Waals surface area contributed by atoms with Gasteiger partial charge in [0.1, 0.15) is 11.4 Å². The zero-order chi connectivity index (χ0) is 17.6. The number of benzene rings is 1. The molecule has 0 saturated heterocycles. The molecule has 1 N–H and O–H groups in total. The van der Waals surface area contributed by atoms with E-state index < -0.39 is 22.2 Å². The van der Waals surface area contributed by atoms with Crippen molar-refractivity contribution < 1.29 is 19.4 Å². The third-order valence-corrected chi connectivity index (χ3v) is 3.45. The Morgan fingerprint density at radius 3 is 2.39 bits per heavy atom. The van der Waals surface area contributed by atoms with Crippen LogP contribution in [0.4, 0.5) is 21.0 Å². The monoisotopic (exact) mass is 320 g/mol. The van der Waals surface area contributed by atoms with E-state index in [4.69, 9.17) is 4.74 Å². The molecule has 0 aromatic heterocycles. The Labute approximate surface area is 135 Å². The number of aromatic hydroxyl groups is 1. The first-order chi connectivity index (χ1) is 10.5. The molecule has 0 saturated carbocycles. The summed E-state index contributed by atoms with van der Waals surface area (Å²) in [5, 5.41) is 10.0. The molecule has 1 heterocycles. The Balaban J connectivity index is 2.72. The molecular formula is C16H22N3O4+. The summed E-state index contributed by atoms with van der Waals surface area (Å²) in [6, 6.07) is 4.12. The summed E-state index contributed by atoms with van der Waals surface area (Å²) < 4.78 is 4.68. The summed E-state index contributed by atoms with van der Waals surface area (Å²) in [4.78, 5) is 31.4. The molecule has 3 amide bonds. The molecule has 0 aliphatic carbocycles. The van der Waals surface area contributed by atoms with Crippen molar-refractivity contribution in [1.29, 1.82) is 0 Å². The number of imide groups is 1. The van der Waals surface area contributed by atoms with Crippen molar-refractivity contribution in [3.8, 4) is 5.75 Å². The molecule has 0 bridgehead atoms. The molecule has 1 atom stereocenters. The average molecular weight is 320 g/mol. The highest BCUT2D eigenvalue weighted by Crippen LogP contribution is 2.47. The first-order valence-corrected chi connectivity index (χ1v) is 7.24. The quantitative estimate of drug-likeness (QED) is 0.743. The Morgan fingerprint density at radius 2 is 1.87 bits per heavy atom. The van der Waals surface area contributed by atoms with Gasteiger partial charge in [0.15, 0.2) is 11.4 Å². The molecule has 1 aliphatic rings. The van der Waals surface area contributed by atoms with Crippen LogP contribution in [0.25, 0.3) is 0 Å². The van der Waals surface area contributed by atoms with E-state index in [0.717, 1.165) is 0 Å². The van der Waals surface area contributed by atoms with Crippen molar-refractivity contribution in [2.24, 2.45) is 4.99 Å². The maximum absolute atomic E-state index is 13.0. The molecule has 1 unspecified atom stereocenters. The lowest BCUT2D eigenvalue weighted by molar-refractivity contribution is 0.0408. The van der Waals surface area contributed by atoms with Crippen LogP contribution in [0, 0.1) is 0 Å². The second-order valence-corrected chi connectivity index (χ2v) is 6.63. The number of rotatable bonds is 0. The summed E-state index contributed by atoms with van der Waals surface area (Å²) >= 11 is 0. The molecule has 23 heavy (non-hydrogen) atoms. The summed E-state index contributed by atoms with van der Waals surface area (Å²) in [5.41, 5.74) is -0.268. The maximum atomic E-state index is 13.0. The number of urea groups is 1. The molecule has 0 fully saturated rings. The number of quaternary nitrogens is 1. The number of phenols is 1. The number of fused-ring (bicyclic) bond motifs is 1. The van der Waals surface area contributed by atoms with Gasteiger partial charge < -0.3 is 9.84 Å². The number of para-hydroxylation sites is 1. The minimum absolute atomic E-state index is 0.0861. The van der Waals surface area contributed by atoms with Gasteiger partial charge in [-0.1, -0.05) is 10.5 Å². The predicted octanol–water partition coefficient (Wildman–Crippen LogP) is 3.38. The molecule has 0 radical (unpaired) electrons. The van der Waals surface area contributed by atoms with Crippen LogP contribution in [-0.4, -0.2) is 47.7 Å². The number of amidine groups is 1. The molecule has 124 valence electrons. The summed E-state index contributed by atoms with van der Waals surface area (Å²) in [6.45, 7) is 6.76. The van der Waals surface area contributed by atoms with Crippen LogP contribution >= 0.6 is 0 Å². The number of amides is 3. The van der Waals surface area contributed by atoms with Crippen molar-refractivity contribution in [1.82, 2.24) is 9.38 Å². The molecule has 7 nitrogen and oxygen atoms in total. The van der Waals surface area contributed by atoms with Crippen LogP contribution < -0.4 is 4.48 Å². The lowest BCUT2D eigenvalue weighted by Crippen LogP contribution is -2.64. The predicted molar refractivity (Wildman–Crippen MR) is 88.0 cm³/mol. The third kappa shape index (κ3) is 2.57. The van der Waals surface area contributed by atoms with E-state index >= 15 is 0 Å². The number of hydrogen-bond acceptors (Lipinski definition) is 5. The largest absolute Gasteiger partial charge is 0.537 e. The van der Waals surface area contributed by atoms with E-state index in [1.807, 2.05) is 0 Å². The molecule has 0 spiro atoms. The molecule has 1 aromatic rings. The Kier molecular flexibility index (Phi) is 3.94. The zero-order valence-electron chi connectivity index (χ0n) is 14.2. The second kappa shape index (κ2) is 5.34. The highest BCUT2D eigenvalue weighted by atomic mass is 16.6. The number of phenolic OH excluding ortho intramolecular Hbond substituents is 1. The van der Waals surface area contributed by atoms with E-state index in [9.17, 15) is 14.7 Å². The minimum Gasteiger partial charge on any atom is -0.505 e. The van der Waals surface area contributed by atoms with Gasteiger partial charge in [0, 0.05) is 27.1 Å². The summed E-state index contributed by atoms with van der Waals surface area (Å²) in [7, 11) is 3.11. The fourth-order valence-corrected chi connectivity index (χ4v) is 2.50. The lowest BCUT2D eigenvalue weighted by atomic mass is 10.2. The number of hydrogen-bond donors (Lipinski definition) is 1. The molecule has 7 heteroatoms. The highest BCUT2D eigenvalue weighted by molar-refractivity contribution is 6.27. The van der Waals surface area contributed by atoms with E-state index in [1.54, 1.807) is 53.9 Å². The Bertz CT molecular complexity index is 704. The van der Waals surface area contributed by atoms with Crippen molar-refractivity contribution in [3.05, 3.63) is 18.2 Å². The van der Waals surface area contributed by atoms with Gasteiger partial charge in [-0.15, -0.1) is 0 Å². The van der Waals surface area contributed by atoms with E-state index in [2.05, 4.69) is 4.99 Å². The van der Waals surface area contributed by atoms with E-state index in [-0.39, 0.29) is 23.0 Å². The van der Waals surface area contributed by atoms with Gasteiger partial charge in [-0.05, 0) is 26.8 Å². The second-order valence-electron chi connectivity index (χ2n) is 6.63. The Hall–Kier alpha value is -2.41. The van der Waals surface area contributed by atoms with Crippen LogP contribution in [0.2, 0.25) is 0 Å². The average Bonchev–Trinajstić information content (AvgIpc) is 2.70. The lowest BCUT2D eigenvalue weighted by Gasteiger charge is -2.31. The molecule has 1 aromatic carbocycles. The van der Waals surface area contributed by atoms with Crippen molar-refractivity contribution in [2.45, 2.75) is 33.3 Å². The van der Waals surface area contributed by atoms with E-state index in [1.165, 1.54) is 11.0 Å². The van der Waals surface area contributed by atoms with Gasteiger partial charge in [0.25, 0.3) is 0 Å². The van der Waals surface area contributed by atoms with Crippen LogP contribution in [0.15, 0.2) is 23.2 Å². The van der Waals surface area contributed by atoms with Crippen molar-refractivity contribution in [3.63, 3.8) is 0 Å². The highest BCUT2D eigenvalue weighted by Gasteiger charge is 2.59. The number of nitrogens with zero attached hydrogens (tertiary/aromatic N) is 3. The summed E-state index contributed by atoms with van der Waals surface area (Å²) in [5.74, 6) is 0.145. The topological polar surface area (TPSA) is 79.2 Å². The Morgan fingerprint density at radius 1 is 1.26 bits per heavy atom. The van der Waals surface area contributed by atoms with Crippen LogP contribution in [0.3, 0.4) is 0 Å². The SMILES string of the molecule is CC1=Nc2c(O)cccc2[N+]1(C(=O)OC(C)(C)C)C(=O)N(C)C. The van der Waals surface area contributed by atoms with Gasteiger partial charge >= 0.3 is 12.1 Å². The van der Waals surface area contributed by atoms with Crippen molar-refractivity contribution in [2.75, 3.05) is 14.1 Å². The fourth-order valence-electron chi connectivity index (χ4n) is 2.50. The first-order valence-electron chi connectivity index (χ1n) is 7.24. The standard InChI is InChI=1S/C16H21N3O4/c1-10-17-13-11(8-7-9-12(13)20)19(10,14(21)18(5)6)15(22)23-16(2,3)4/h7-9H,1-6H3/p+1. The van der Waals surface area contributed by atoms with E-state index in [0.29, 0.717) is 0 Å². The molecular weight excluding hydrogens is 298 g/mol. The fraction of sp³-hybridized carbons (Fsp3) is 0.438. The van der Waals surface area contributed by atoms with Gasteiger partial charge in [-0.25, -0.2) is 4.79 Å². The van der Waals surface area contributed by atoms with Gasteiger partial charge in [0.05, 0.1) is 0 Å². The summed E-state index contributed by atoms with van der Waals surface area (Å²) in [6.07, 6.45) is -0.748. The smallest absolute Gasteiger partial charge is 0.505 e. The number of ether oxygens (including phenoxy) is 1. The van der Waals surface area contributed by atoms with Crippen LogP contribution in [0.5, 0.6) is 5.75 Å². The minimum atomic E-state index is -0.812. The van der Waals surface area contributed by atoms with Gasteiger partial charge in [-0.3, -0.25) is 4.90 Å². The molecule has 1 aliphatic heterocycles. The van der Waals surface area contributed by atoms with Crippen molar-refractivity contribution >= 4 is 29.3 Å². The third-order valence-electron chi connectivity index (χ3n) is 3.45. The normalized spacial score (nSPS) is 19.8. The first kappa shape index (κ1) is 17.0. The maximum Gasteiger partial charge on any atom is 0.537 e. The van der Waals surface area contributed by atoms with Crippen LogP contribution in [-0.2, 0) is 4.74 Å². The van der Waals surface area contributed by atoms with Gasteiger partial charge in [0.2, 0.25) is 5.84 Å². The number of carbonyl (C=O) groups is 2. The zero-order valence-corrected chi connectivity index (χ0v) is 14.2.